The van der Waals surface area contributed by atoms with Crippen LogP contribution < -0.4 is 5.32 Å². The number of likely N-dealkylation sites (tertiary alicyclic amines) is 2. The first-order valence-corrected chi connectivity index (χ1v) is 11.4. The Bertz CT molecular complexity index is 620. The molecule has 2 unspecified atom stereocenters. The lowest BCUT2D eigenvalue weighted by Crippen LogP contribution is -2.42. The molecule has 0 spiro atoms. The third kappa shape index (κ3) is 5.35. The lowest BCUT2D eigenvalue weighted by atomic mass is 9.81. The molecule has 156 valence electrons. The Morgan fingerprint density at radius 2 is 1.82 bits per heavy atom. The number of amides is 1. The average Bonchev–Trinajstić information content (AvgIpc) is 3.17. The molecule has 3 saturated heterocycles. The number of rotatable bonds is 6. The zero-order valence-electron chi connectivity index (χ0n) is 17.2. The summed E-state index contributed by atoms with van der Waals surface area (Å²) in [7, 11) is 0. The van der Waals surface area contributed by atoms with E-state index in [2.05, 4.69) is 26.3 Å². The summed E-state index contributed by atoms with van der Waals surface area (Å²) in [5.74, 6) is 2.28. The van der Waals surface area contributed by atoms with Crippen LogP contribution in [0.15, 0.2) is 10.6 Å². The van der Waals surface area contributed by atoms with Crippen LogP contribution in [0, 0.1) is 11.8 Å². The molecule has 6 nitrogen and oxygen atoms in total. The fraction of sp³-hybridized carbons (Fsp3) is 0.818. The van der Waals surface area contributed by atoms with Gasteiger partial charge in [-0.15, -0.1) is 0 Å². The van der Waals surface area contributed by atoms with Crippen molar-refractivity contribution in [2.24, 2.45) is 11.8 Å². The molecule has 3 aliphatic rings. The smallest absolute Gasteiger partial charge is 0.222 e. The number of piperidine rings is 3. The third-order valence-corrected chi connectivity index (χ3v) is 6.82. The highest BCUT2D eigenvalue weighted by Gasteiger charge is 2.30. The quantitative estimate of drug-likeness (QED) is 0.812. The Morgan fingerprint density at radius 3 is 2.61 bits per heavy atom. The second kappa shape index (κ2) is 9.88. The number of hydrogen-bond acceptors (Lipinski definition) is 5. The first-order chi connectivity index (χ1) is 13.8. The van der Waals surface area contributed by atoms with Crippen molar-refractivity contribution in [3.05, 3.63) is 17.5 Å². The van der Waals surface area contributed by atoms with E-state index >= 15 is 0 Å². The van der Waals surface area contributed by atoms with Crippen LogP contribution in [0.4, 0.5) is 0 Å². The summed E-state index contributed by atoms with van der Waals surface area (Å²) in [4.78, 5) is 17.3. The number of carbonyl (C=O) groups is 1. The third-order valence-electron chi connectivity index (χ3n) is 6.82. The van der Waals surface area contributed by atoms with Gasteiger partial charge in [0.15, 0.2) is 5.76 Å². The van der Waals surface area contributed by atoms with E-state index in [-0.39, 0.29) is 0 Å². The zero-order chi connectivity index (χ0) is 19.2. The Hall–Kier alpha value is -1.40. The fourth-order valence-corrected chi connectivity index (χ4v) is 5.11. The molecule has 4 rings (SSSR count). The summed E-state index contributed by atoms with van der Waals surface area (Å²) < 4.78 is 5.63. The van der Waals surface area contributed by atoms with E-state index in [1.165, 1.54) is 51.6 Å². The molecule has 0 bridgehead atoms. The Morgan fingerprint density at radius 1 is 1.07 bits per heavy atom. The van der Waals surface area contributed by atoms with Crippen molar-refractivity contribution in [2.75, 3.05) is 39.3 Å². The van der Waals surface area contributed by atoms with E-state index in [9.17, 15) is 4.79 Å². The van der Waals surface area contributed by atoms with Gasteiger partial charge in [-0.3, -0.25) is 9.69 Å². The monoisotopic (exact) mass is 388 g/mol. The molecular formula is C22H36N4O2. The van der Waals surface area contributed by atoms with Crippen LogP contribution in [-0.4, -0.2) is 60.1 Å². The number of nitrogens with zero attached hydrogens (tertiary/aromatic N) is 3. The molecule has 28 heavy (non-hydrogen) atoms. The maximum Gasteiger partial charge on any atom is 0.222 e. The molecule has 1 aromatic heterocycles. The summed E-state index contributed by atoms with van der Waals surface area (Å²) in [6.45, 7) is 7.13. The Kier molecular flexibility index (Phi) is 7.02. The average molecular weight is 389 g/mol. The van der Waals surface area contributed by atoms with Gasteiger partial charge in [0.2, 0.25) is 5.91 Å². The minimum Gasteiger partial charge on any atom is -0.360 e. The van der Waals surface area contributed by atoms with Gasteiger partial charge in [-0.25, -0.2) is 0 Å². The van der Waals surface area contributed by atoms with Gasteiger partial charge in [-0.2, -0.15) is 0 Å². The molecule has 3 aliphatic heterocycles. The van der Waals surface area contributed by atoms with Crippen LogP contribution in [0.3, 0.4) is 0 Å². The van der Waals surface area contributed by atoms with Crippen molar-refractivity contribution >= 4 is 5.91 Å². The van der Waals surface area contributed by atoms with Crippen LogP contribution in [-0.2, 0) is 17.8 Å². The lowest BCUT2D eigenvalue weighted by molar-refractivity contribution is -0.133. The highest BCUT2D eigenvalue weighted by Crippen LogP contribution is 2.28. The largest absolute Gasteiger partial charge is 0.360 e. The van der Waals surface area contributed by atoms with Crippen LogP contribution in [0.1, 0.15) is 62.8 Å². The molecular weight excluding hydrogens is 352 g/mol. The molecule has 0 aliphatic carbocycles. The molecule has 4 heterocycles. The van der Waals surface area contributed by atoms with Gasteiger partial charge in [0, 0.05) is 25.6 Å². The second-order valence-electron chi connectivity index (χ2n) is 8.98. The number of aromatic nitrogens is 1. The summed E-state index contributed by atoms with van der Waals surface area (Å²) in [5, 5.41) is 7.87. The summed E-state index contributed by atoms with van der Waals surface area (Å²) in [6.07, 6.45) is 10.2. The minimum atomic E-state index is 0.363. The summed E-state index contributed by atoms with van der Waals surface area (Å²) in [5.41, 5.74) is 1.05. The van der Waals surface area contributed by atoms with E-state index in [4.69, 9.17) is 4.52 Å². The number of carbonyl (C=O) groups excluding carboxylic acids is 1. The van der Waals surface area contributed by atoms with Crippen molar-refractivity contribution < 1.29 is 9.32 Å². The van der Waals surface area contributed by atoms with Gasteiger partial charge >= 0.3 is 0 Å². The maximum absolute atomic E-state index is 12.8. The fourth-order valence-electron chi connectivity index (χ4n) is 5.11. The van der Waals surface area contributed by atoms with Gasteiger partial charge in [-0.05, 0) is 83.0 Å². The lowest BCUT2D eigenvalue weighted by Gasteiger charge is -2.34. The van der Waals surface area contributed by atoms with E-state index in [1.807, 2.05) is 0 Å². The number of hydrogen-bond donors (Lipinski definition) is 1. The molecule has 2 atom stereocenters. The first kappa shape index (κ1) is 19.9. The standard InChI is InChI=1S/C22H36N4O2/c27-22(26-11-5-2-6-12-26)14-18-7-8-23-16-19(18)13-20-15-21(28-24-20)17-25-9-3-1-4-10-25/h15,18-19,23H,1-14,16-17H2. The molecule has 3 fully saturated rings. The second-order valence-corrected chi connectivity index (χ2v) is 8.98. The first-order valence-electron chi connectivity index (χ1n) is 11.4. The van der Waals surface area contributed by atoms with Crippen molar-refractivity contribution in [2.45, 2.75) is 64.3 Å². The highest BCUT2D eigenvalue weighted by atomic mass is 16.5. The molecule has 0 aromatic carbocycles. The predicted molar refractivity (Wildman–Crippen MR) is 109 cm³/mol. The van der Waals surface area contributed by atoms with Crippen molar-refractivity contribution in [3.8, 4) is 0 Å². The minimum absolute atomic E-state index is 0.363. The topological polar surface area (TPSA) is 61.6 Å². The highest BCUT2D eigenvalue weighted by molar-refractivity contribution is 5.76. The van der Waals surface area contributed by atoms with Gasteiger partial charge < -0.3 is 14.7 Å². The maximum atomic E-state index is 12.8. The van der Waals surface area contributed by atoms with Crippen molar-refractivity contribution in [1.29, 1.82) is 0 Å². The SMILES string of the molecule is O=C(CC1CCNCC1Cc1cc(CN2CCCCC2)on1)N1CCCCC1. The van der Waals surface area contributed by atoms with Crippen molar-refractivity contribution in [3.63, 3.8) is 0 Å². The van der Waals surface area contributed by atoms with Crippen LogP contribution in [0.25, 0.3) is 0 Å². The summed E-state index contributed by atoms with van der Waals surface area (Å²) >= 11 is 0. The van der Waals surface area contributed by atoms with E-state index in [0.717, 1.165) is 57.0 Å². The molecule has 6 heteroatoms. The molecule has 0 saturated carbocycles. The Balaban J connectivity index is 1.31. The molecule has 1 amide bonds. The normalized spacial score (nSPS) is 27.1. The van der Waals surface area contributed by atoms with Gasteiger partial charge in [0.05, 0.1) is 12.2 Å². The molecule has 1 N–H and O–H groups in total. The Labute approximate surface area is 169 Å². The molecule has 0 radical (unpaired) electrons. The van der Waals surface area contributed by atoms with Gasteiger partial charge in [0.25, 0.3) is 0 Å². The van der Waals surface area contributed by atoms with Crippen LogP contribution >= 0.6 is 0 Å². The molecule has 1 aromatic rings. The van der Waals surface area contributed by atoms with E-state index < -0.39 is 0 Å². The predicted octanol–water partition coefficient (Wildman–Crippen LogP) is 2.83. The van der Waals surface area contributed by atoms with E-state index in [0.29, 0.717) is 24.2 Å². The van der Waals surface area contributed by atoms with Crippen LogP contribution in [0.5, 0.6) is 0 Å². The van der Waals surface area contributed by atoms with Gasteiger partial charge in [0.1, 0.15) is 0 Å². The number of nitrogens with one attached hydrogen (secondary N) is 1. The summed E-state index contributed by atoms with van der Waals surface area (Å²) in [6, 6.07) is 2.15. The zero-order valence-corrected chi connectivity index (χ0v) is 17.2. The van der Waals surface area contributed by atoms with Crippen molar-refractivity contribution in [1.82, 2.24) is 20.3 Å². The van der Waals surface area contributed by atoms with Crippen LogP contribution in [0.2, 0.25) is 0 Å². The van der Waals surface area contributed by atoms with E-state index in [1.54, 1.807) is 0 Å². The van der Waals surface area contributed by atoms with Gasteiger partial charge in [-0.1, -0.05) is 11.6 Å².